The number of hydrogen-bond acceptors (Lipinski definition) is 11. The van der Waals surface area contributed by atoms with E-state index in [9.17, 15) is 23.7 Å². The SMILES string of the molecule is CC(=O)OC[C@H]1O[C@@H](c2ccc(Cl)c(Cc3ccc(OCP(C)(C)=O)cc3)c2)[C@H](OC(C)=O)[C@@H](OC(C)=O)[C@@H]1OC(C)=O. The van der Waals surface area contributed by atoms with E-state index in [2.05, 4.69) is 0 Å². The van der Waals surface area contributed by atoms with Crippen molar-refractivity contribution < 1.29 is 52.2 Å². The molecule has 5 atom stereocenters. The first kappa shape index (κ1) is 34.1. The van der Waals surface area contributed by atoms with E-state index >= 15 is 0 Å². The number of halogens is 1. The number of carbonyl (C=O) groups excluding carboxylic acids is 4. The standard InChI is InChI=1S/C30H36ClO11P/c1-17(32)37-15-26-28(39-18(2)33)30(41-20(4)35)29(40-19(3)34)27(42-26)22-9-12-25(31)23(14-22)13-21-7-10-24(11-8-21)38-16-43(5,6)36/h7-12,14,26-30H,13,15-16H2,1-6H3/t26-,27+,28-,29+,30+/m1/s1. The van der Waals surface area contributed by atoms with Gasteiger partial charge in [0.05, 0.1) is 0 Å². The van der Waals surface area contributed by atoms with Gasteiger partial charge in [0.2, 0.25) is 0 Å². The summed E-state index contributed by atoms with van der Waals surface area (Å²) in [5, 5.41) is 0.465. The van der Waals surface area contributed by atoms with Gasteiger partial charge in [-0.3, -0.25) is 19.2 Å². The Morgan fingerprint density at radius 1 is 0.814 bits per heavy atom. The van der Waals surface area contributed by atoms with Gasteiger partial charge in [0.25, 0.3) is 0 Å². The summed E-state index contributed by atoms with van der Waals surface area (Å²) in [7, 11) is -2.33. The molecule has 0 radical (unpaired) electrons. The highest BCUT2D eigenvalue weighted by Crippen LogP contribution is 2.39. The summed E-state index contributed by atoms with van der Waals surface area (Å²) >= 11 is 6.56. The molecule has 0 bridgehead atoms. The Labute approximate surface area is 255 Å². The number of rotatable bonds is 11. The third kappa shape index (κ3) is 10.4. The van der Waals surface area contributed by atoms with E-state index < -0.39 is 61.5 Å². The van der Waals surface area contributed by atoms with E-state index in [1.54, 1.807) is 43.7 Å². The predicted molar refractivity (Wildman–Crippen MR) is 157 cm³/mol. The van der Waals surface area contributed by atoms with Crippen LogP contribution >= 0.6 is 18.7 Å². The third-order valence-electron chi connectivity index (χ3n) is 6.25. The molecular weight excluding hydrogens is 603 g/mol. The quantitative estimate of drug-likeness (QED) is 0.192. The molecule has 0 N–H and O–H groups in total. The molecule has 13 heteroatoms. The van der Waals surface area contributed by atoms with Crippen molar-refractivity contribution in [2.75, 3.05) is 26.3 Å². The molecule has 0 spiro atoms. The highest BCUT2D eigenvalue weighted by molar-refractivity contribution is 7.62. The smallest absolute Gasteiger partial charge is 0.303 e. The number of benzene rings is 2. The zero-order valence-corrected chi connectivity index (χ0v) is 26.5. The van der Waals surface area contributed by atoms with Gasteiger partial charge in [0, 0.05) is 32.7 Å². The molecule has 0 amide bonds. The minimum atomic E-state index is -2.33. The molecular formula is C30H36ClO11P. The lowest BCUT2D eigenvalue weighted by Gasteiger charge is -2.44. The van der Waals surface area contributed by atoms with Crippen LogP contribution in [0.15, 0.2) is 42.5 Å². The summed E-state index contributed by atoms with van der Waals surface area (Å²) in [6.45, 7) is 7.72. The van der Waals surface area contributed by atoms with Crippen LogP contribution in [0.1, 0.15) is 50.5 Å². The molecule has 1 saturated heterocycles. The maximum atomic E-state index is 12.2. The fraction of sp³-hybridized carbons (Fsp3) is 0.467. The van der Waals surface area contributed by atoms with Gasteiger partial charge in [-0.2, -0.15) is 0 Å². The number of esters is 4. The number of hydrogen-bond donors (Lipinski definition) is 0. The van der Waals surface area contributed by atoms with E-state index in [4.69, 9.17) is 40.0 Å². The van der Waals surface area contributed by atoms with Gasteiger partial charge in [0.15, 0.2) is 18.3 Å². The average Bonchev–Trinajstić information content (AvgIpc) is 2.89. The van der Waals surface area contributed by atoms with E-state index in [0.29, 0.717) is 28.3 Å². The highest BCUT2D eigenvalue weighted by Gasteiger charge is 2.52. The maximum absolute atomic E-state index is 12.2. The van der Waals surface area contributed by atoms with E-state index in [-0.39, 0.29) is 13.0 Å². The average molecular weight is 639 g/mol. The maximum Gasteiger partial charge on any atom is 0.303 e. The van der Waals surface area contributed by atoms with Gasteiger partial charge in [-0.15, -0.1) is 0 Å². The molecule has 234 valence electrons. The second-order valence-corrected chi connectivity index (χ2v) is 14.5. The summed E-state index contributed by atoms with van der Waals surface area (Å²) in [6.07, 6.45) is -5.29. The van der Waals surface area contributed by atoms with Crippen LogP contribution in [0, 0.1) is 0 Å². The number of carbonyl (C=O) groups is 4. The van der Waals surface area contributed by atoms with Crippen molar-refractivity contribution in [3.63, 3.8) is 0 Å². The van der Waals surface area contributed by atoms with Gasteiger partial charge >= 0.3 is 23.9 Å². The fourth-order valence-electron chi connectivity index (χ4n) is 4.56. The van der Waals surface area contributed by atoms with Gasteiger partial charge in [0.1, 0.15) is 38.1 Å². The van der Waals surface area contributed by atoms with Crippen LogP contribution in [0.5, 0.6) is 5.75 Å². The van der Waals surface area contributed by atoms with Crippen LogP contribution < -0.4 is 4.74 Å². The van der Waals surface area contributed by atoms with Crippen molar-refractivity contribution in [1.82, 2.24) is 0 Å². The number of ether oxygens (including phenoxy) is 6. The van der Waals surface area contributed by atoms with Crippen molar-refractivity contribution in [2.45, 2.75) is 64.6 Å². The van der Waals surface area contributed by atoms with Crippen molar-refractivity contribution in [3.05, 3.63) is 64.2 Å². The lowest BCUT2D eigenvalue weighted by Crippen LogP contribution is -2.59. The Hall–Kier alpha value is -3.40. The van der Waals surface area contributed by atoms with Gasteiger partial charge < -0.3 is 33.0 Å². The van der Waals surface area contributed by atoms with Crippen molar-refractivity contribution in [2.24, 2.45) is 0 Å². The summed E-state index contributed by atoms with van der Waals surface area (Å²) in [5.41, 5.74) is 2.15. The Morgan fingerprint density at radius 2 is 1.40 bits per heavy atom. The van der Waals surface area contributed by atoms with Gasteiger partial charge in [-0.25, -0.2) is 0 Å². The molecule has 3 rings (SSSR count). The topological polar surface area (TPSA) is 141 Å². The second-order valence-electron chi connectivity index (χ2n) is 10.6. The van der Waals surface area contributed by atoms with Crippen LogP contribution in [-0.2, 0) is 53.8 Å². The summed E-state index contributed by atoms with van der Waals surface area (Å²) in [5.74, 6) is -2.12. The third-order valence-corrected chi connectivity index (χ3v) is 7.37. The molecule has 2 aromatic rings. The molecule has 2 aromatic carbocycles. The van der Waals surface area contributed by atoms with Crippen LogP contribution in [0.2, 0.25) is 5.02 Å². The van der Waals surface area contributed by atoms with E-state index in [1.807, 2.05) is 12.1 Å². The minimum Gasteiger partial charge on any atom is -0.486 e. The molecule has 1 aliphatic rings. The van der Waals surface area contributed by atoms with E-state index in [1.165, 1.54) is 20.8 Å². The molecule has 43 heavy (non-hydrogen) atoms. The zero-order chi connectivity index (χ0) is 31.9. The van der Waals surface area contributed by atoms with Crippen LogP contribution in [0.25, 0.3) is 0 Å². The molecule has 0 saturated carbocycles. The largest absolute Gasteiger partial charge is 0.486 e. The molecule has 1 heterocycles. The highest BCUT2D eigenvalue weighted by atomic mass is 35.5. The molecule has 11 nitrogen and oxygen atoms in total. The predicted octanol–water partition coefficient (Wildman–Crippen LogP) is 4.69. The Bertz CT molecular complexity index is 1370. The Balaban J connectivity index is 1.98. The summed E-state index contributed by atoms with van der Waals surface area (Å²) in [6, 6.07) is 12.4. The normalized spacial score (nSPS) is 21.8. The first-order chi connectivity index (χ1) is 20.1. The lowest BCUT2D eigenvalue weighted by atomic mass is 9.89. The molecule has 0 aromatic heterocycles. The first-order valence-electron chi connectivity index (χ1n) is 13.5. The second kappa shape index (κ2) is 14.9. The molecule has 0 unspecified atom stereocenters. The van der Waals surface area contributed by atoms with Crippen molar-refractivity contribution >= 4 is 42.6 Å². The monoisotopic (exact) mass is 638 g/mol. The molecule has 1 aliphatic heterocycles. The molecule has 1 fully saturated rings. The van der Waals surface area contributed by atoms with Gasteiger partial charge in [-0.1, -0.05) is 35.9 Å². The van der Waals surface area contributed by atoms with Crippen molar-refractivity contribution in [1.29, 1.82) is 0 Å². The molecule has 0 aliphatic carbocycles. The van der Waals surface area contributed by atoms with Crippen LogP contribution in [-0.4, -0.2) is 74.6 Å². The van der Waals surface area contributed by atoms with E-state index in [0.717, 1.165) is 12.5 Å². The summed E-state index contributed by atoms with van der Waals surface area (Å²) in [4.78, 5) is 47.9. The fourth-order valence-corrected chi connectivity index (χ4v) is 5.20. The van der Waals surface area contributed by atoms with Crippen LogP contribution in [0.3, 0.4) is 0 Å². The van der Waals surface area contributed by atoms with Gasteiger partial charge in [-0.05, 0) is 54.6 Å². The van der Waals surface area contributed by atoms with Crippen LogP contribution in [0.4, 0.5) is 0 Å². The van der Waals surface area contributed by atoms with Crippen molar-refractivity contribution in [3.8, 4) is 5.75 Å². The summed E-state index contributed by atoms with van der Waals surface area (Å²) < 4.78 is 45.6. The minimum absolute atomic E-state index is 0.135. The lowest BCUT2D eigenvalue weighted by molar-refractivity contribution is -0.254. The first-order valence-corrected chi connectivity index (χ1v) is 16.6. The Kier molecular flexibility index (Phi) is 11.8. The Morgan fingerprint density at radius 3 is 1.95 bits per heavy atom. The zero-order valence-electron chi connectivity index (χ0n) is 24.9.